The van der Waals surface area contributed by atoms with E-state index in [0.29, 0.717) is 5.69 Å². The van der Waals surface area contributed by atoms with Crippen LogP contribution in [0.15, 0.2) is 24.3 Å². The van der Waals surface area contributed by atoms with E-state index in [1.54, 1.807) is 12.1 Å². The number of aromatic nitrogens is 2. The molecule has 2 rings (SSSR count). The summed E-state index contributed by atoms with van der Waals surface area (Å²) in [6.07, 6.45) is 0. The summed E-state index contributed by atoms with van der Waals surface area (Å²) in [6.45, 7) is 2.22. The minimum absolute atomic E-state index is 0.135. The van der Waals surface area contributed by atoms with E-state index in [4.69, 9.17) is 4.74 Å². The topological polar surface area (TPSA) is 116 Å². The van der Waals surface area contributed by atoms with Gasteiger partial charge in [-0.25, -0.2) is 0 Å². The first kappa shape index (κ1) is 18.8. The van der Waals surface area contributed by atoms with Gasteiger partial charge in [-0.15, -0.1) is 0 Å². The van der Waals surface area contributed by atoms with Gasteiger partial charge in [-0.3, -0.25) is 24.4 Å². The van der Waals surface area contributed by atoms with Gasteiger partial charge in [0, 0.05) is 3.57 Å². The highest BCUT2D eigenvalue weighted by Crippen LogP contribution is 2.21. The highest BCUT2D eigenvalue weighted by Gasteiger charge is 2.23. The van der Waals surface area contributed by atoms with Crippen molar-refractivity contribution in [2.24, 2.45) is 0 Å². The lowest BCUT2D eigenvalue weighted by Crippen LogP contribution is -2.23. The Balaban J connectivity index is 1.91. The molecule has 0 spiro atoms. The number of esters is 1. The minimum Gasteiger partial charge on any atom is -0.454 e. The van der Waals surface area contributed by atoms with E-state index in [9.17, 15) is 19.7 Å². The molecule has 1 heterocycles. The summed E-state index contributed by atoms with van der Waals surface area (Å²) in [4.78, 5) is 34.1. The van der Waals surface area contributed by atoms with Crippen LogP contribution in [0.1, 0.15) is 11.4 Å². The van der Waals surface area contributed by atoms with Crippen LogP contribution in [0.3, 0.4) is 0 Å². The molecule has 10 heteroatoms. The zero-order valence-corrected chi connectivity index (χ0v) is 15.6. The molecule has 0 aliphatic rings. The van der Waals surface area contributed by atoms with Crippen LogP contribution in [0.4, 0.5) is 11.4 Å². The van der Waals surface area contributed by atoms with Crippen molar-refractivity contribution in [2.45, 2.75) is 20.4 Å². The lowest BCUT2D eigenvalue weighted by Gasteiger charge is -2.08. The third-order valence-electron chi connectivity index (χ3n) is 3.32. The van der Waals surface area contributed by atoms with Crippen molar-refractivity contribution in [3.8, 4) is 0 Å². The third-order valence-corrected chi connectivity index (χ3v) is 4.26. The van der Waals surface area contributed by atoms with E-state index in [-0.39, 0.29) is 23.6 Å². The van der Waals surface area contributed by atoms with Gasteiger partial charge in [-0.1, -0.05) is 12.1 Å². The fourth-order valence-corrected chi connectivity index (χ4v) is 2.69. The predicted octanol–water partition coefficient (Wildman–Crippen LogP) is 2.19. The monoisotopic (exact) mass is 458 g/mol. The molecular formula is C15H15IN4O5. The fourth-order valence-electron chi connectivity index (χ4n) is 2.17. The number of aryl methyl sites for hydroxylation is 1. The summed E-state index contributed by atoms with van der Waals surface area (Å²) in [5, 5.41) is 17.5. The van der Waals surface area contributed by atoms with Gasteiger partial charge in [0.25, 0.3) is 5.91 Å². The smallest absolute Gasteiger partial charge is 0.328 e. The van der Waals surface area contributed by atoms with Crippen molar-refractivity contribution in [1.29, 1.82) is 0 Å². The number of nitro groups is 1. The molecule has 0 unspecified atom stereocenters. The maximum Gasteiger partial charge on any atom is 0.328 e. The van der Waals surface area contributed by atoms with Crippen molar-refractivity contribution in [3.05, 3.63) is 49.3 Å². The first-order valence-electron chi connectivity index (χ1n) is 7.18. The minimum atomic E-state index is -0.710. The van der Waals surface area contributed by atoms with Gasteiger partial charge in [0.05, 0.1) is 10.6 Å². The van der Waals surface area contributed by atoms with E-state index < -0.39 is 23.4 Å². The van der Waals surface area contributed by atoms with Crippen LogP contribution in [-0.4, -0.2) is 33.2 Å². The second-order valence-electron chi connectivity index (χ2n) is 5.12. The number of amides is 1. The molecule has 132 valence electrons. The van der Waals surface area contributed by atoms with Gasteiger partial charge < -0.3 is 10.1 Å². The standard InChI is InChI=1S/C15H15IN4O5/c1-9-15(20(23)24)10(2)19(18-9)7-14(22)25-8-13(21)17-12-6-4-3-5-11(12)16/h3-6H,7-8H2,1-2H3,(H,17,21). The first-order valence-corrected chi connectivity index (χ1v) is 8.26. The molecule has 1 N–H and O–H groups in total. The Hall–Kier alpha value is -2.50. The van der Waals surface area contributed by atoms with E-state index in [2.05, 4.69) is 33.0 Å². The molecule has 0 bridgehead atoms. The van der Waals surface area contributed by atoms with Crippen LogP contribution in [0, 0.1) is 27.5 Å². The molecule has 1 aromatic carbocycles. The predicted molar refractivity (Wildman–Crippen MR) is 97.1 cm³/mol. The summed E-state index contributed by atoms with van der Waals surface area (Å²) < 4.78 is 6.94. The Morgan fingerprint density at radius 3 is 2.64 bits per heavy atom. The average molecular weight is 458 g/mol. The summed E-state index contributed by atoms with van der Waals surface area (Å²) in [5.74, 6) is -1.18. The Morgan fingerprint density at radius 2 is 2.04 bits per heavy atom. The summed E-state index contributed by atoms with van der Waals surface area (Å²) in [7, 11) is 0. The largest absolute Gasteiger partial charge is 0.454 e. The number of para-hydroxylation sites is 1. The molecule has 0 saturated heterocycles. The first-order chi connectivity index (χ1) is 11.8. The van der Waals surface area contributed by atoms with Crippen LogP contribution >= 0.6 is 22.6 Å². The van der Waals surface area contributed by atoms with Crippen LogP contribution in [-0.2, 0) is 20.9 Å². The average Bonchev–Trinajstić information content (AvgIpc) is 2.81. The number of ether oxygens (including phenoxy) is 1. The lowest BCUT2D eigenvalue weighted by atomic mass is 10.3. The maximum absolute atomic E-state index is 11.8. The summed E-state index contributed by atoms with van der Waals surface area (Å²) in [5.41, 5.74) is 0.956. The molecule has 0 aliphatic carbocycles. The number of hydrogen-bond acceptors (Lipinski definition) is 6. The van der Waals surface area contributed by atoms with Crippen LogP contribution in [0.2, 0.25) is 0 Å². The lowest BCUT2D eigenvalue weighted by molar-refractivity contribution is -0.386. The number of anilines is 1. The van der Waals surface area contributed by atoms with Crippen molar-refractivity contribution in [2.75, 3.05) is 11.9 Å². The van der Waals surface area contributed by atoms with Gasteiger partial charge >= 0.3 is 11.7 Å². The second-order valence-corrected chi connectivity index (χ2v) is 6.29. The molecule has 0 saturated carbocycles. The molecule has 25 heavy (non-hydrogen) atoms. The number of carbonyl (C=O) groups excluding carboxylic acids is 2. The maximum atomic E-state index is 11.8. The zero-order chi connectivity index (χ0) is 18.6. The van der Waals surface area contributed by atoms with E-state index in [1.165, 1.54) is 18.5 Å². The Bertz CT molecular complexity index is 833. The SMILES string of the molecule is Cc1nn(CC(=O)OCC(=O)Nc2ccccc2I)c(C)c1[N+](=O)[O-]. The fraction of sp³-hybridized carbons (Fsp3) is 0.267. The normalized spacial score (nSPS) is 10.4. The highest BCUT2D eigenvalue weighted by molar-refractivity contribution is 14.1. The number of nitrogens with zero attached hydrogens (tertiary/aromatic N) is 3. The van der Waals surface area contributed by atoms with Gasteiger partial charge in [0.2, 0.25) is 0 Å². The number of nitrogens with one attached hydrogen (secondary N) is 1. The van der Waals surface area contributed by atoms with E-state index in [1.807, 2.05) is 12.1 Å². The second kappa shape index (κ2) is 8.05. The van der Waals surface area contributed by atoms with Gasteiger partial charge in [0.15, 0.2) is 6.61 Å². The van der Waals surface area contributed by atoms with Crippen LogP contribution in [0.25, 0.3) is 0 Å². The van der Waals surface area contributed by atoms with Crippen LogP contribution < -0.4 is 5.32 Å². The van der Waals surface area contributed by atoms with Gasteiger partial charge in [0.1, 0.15) is 17.9 Å². The molecule has 0 radical (unpaired) electrons. The number of rotatable bonds is 6. The third kappa shape index (κ3) is 4.75. The Morgan fingerprint density at radius 1 is 1.36 bits per heavy atom. The van der Waals surface area contributed by atoms with E-state index in [0.717, 1.165) is 3.57 Å². The van der Waals surface area contributed by atoms with Crippen molar-refractivity contribution in [1.82, 2.24) is 9.78 Å². The van der Waals surface area contributed by atoms with Crippen molar-refractivity contribution >= 4 is 45.8 Å². The number of benzene rings is 1. The summed E-state index contributed by atoms with van der Waals surface area (Å²) in [6, 6.07) is 7.18. The van der Waals surface area contributed by atoms with Gasteiger partial charge in [-0.05, 0) is 48.6 Å². The van der Waals surface area contributed by atoms with Crippen molar-refractivity contribution < 1.29 is 19.2 Å². The van der Waals surface area contributed by atoms with E-state index >= 15 is 0 Å². The zero-order valence-electron chi connectivity index (χ0n) is 13.5. The van der Waals surface area contributed by atoms with Gasteiger partial charge in [-0.2, -0.15) is 5.10 Å². The molecule has 0 atom stereocenters. The molecule has 9 nitrogen and oxygen atoms in total. The van der Waals surface area contributed by atoms with Crippen LogP contribution in [0.5, 0.6) is 0 Å². The quantitative estimate of drug-likeness (QED) is 0.307. The summed E-state index contributed by atoms with van der Waals surface area (Å²) >= 11 is 2.08. The number of hydrogen-bond donors (Lipinski definition) is 1. The highest BCUT2D eigenvalue weighted by atomic mass is 127. The number of carbonyl (C=O) groups is 2. The Labute approximate surface area is 156 Å². The number of halogens is 1. The molecule has 0 fully saturated rings. The van der Waals surface area contributed by atoms with Crippen molar-refractivity contribution in [3.63, 3.8) is 0 Å². The molecule has 2 aromatic rings. The molecule has 0 aliphatic heterocycles. The Kier molecular flexibility index (Phi) is 6.07. The molecule has 1 aromatic heterocycles. The molecular weight excluding hydrogens is 443 g/mol. The molecule has 1 amide bonds.